The van der Waals surface area contributed by atoms with Crippen molar-refractivity contribution in [3.63, 3.8) is 0 Å². The first-order chi connectivity index (χ1) is 61.8. The summed E-state index contributed by atoms with van der Waals surface area (Å²) in [6.45, 7) is 1.23. The highest BCUT2D eigenvalue weighted by molar-refractivity contribution is 5.79. The van der Waals surface area contributed by atoms with Crippen molar-refractivity contribution in [3.8, 4) is 89.5 Å². The van der Waals surface area contributed by atoms with Gasteiger partial charge in [-0.25, -0.2) is 18.3 Å². The maximum atomic E-state index is 9.08. The molecule has 4 heteroatoms. The molecular formula is C101H120N4+4. The Bertz CT molecular complexity index is 6180. The van der Waals surface area contributed by atoms with Crippen LogP contribution in [0, 0.1) is 93.8 Å². The fraction of sp³-hybridized carbons (Fsp3) is 0.327. The van der Waals surface area contributed by atoms with E-state index in [1.807, 2.05) is 136 Å². The SMILES string of the molecule is [2H]C([2H])([2H])c1ccccc1-c1ccc(C)c(-c2cc(C([2H])(C)C)c(C([2H])([2H])[2H])c[n+]2C)c1.[2H]C([2H])([2H])c1ccccc1-c1ccc(C)c(-c2cc(C([2H])([2H])C(C)(C)C)c(C([2H])([2H])[2H])c[n+]2C)c1.[2H]C([2H])([2H])c1ccccc1-c1ccc(C)c(-c2cc(C([2H])([2H])C(C)C)c(C([2H])([2H])[2H])c[n+]2C)c1.[2H]C([2H])([2H])c1ccccc1-c1ccc(C)c(-c2cc(C3([2H])CCCC3)c(C([2H])([2H])[2H])c[n+]2C)c1. The van der Waals surface area contributed by atoms with Gasteiger partial charge in [-0.15, -0.1) is 0 Å². The summed E-state index contributed by atoms with van der Waals surface area (Å²) in [7, 11) is 7.08. The van der Waals surface area contributed by atoms with Crippen molar-refractivity contribution in [2.45, 2.75) is 181 Å². The van der Waals surface area contributed by atoms with Crippen LogP contribution in [0.3, 0.4) is 0 Å². The average molecular weight is 1420 g/mol. The van der Waals surface area contributed by atoms with Crippen molar-refractivity contribution >= 4 is 0 Å². The van der Waals surface area contributed by atoms with Gasteiger partial charge in [-0.1, -0.05) is 207 Å². The van der Waals surface area contributed by atoms with Crippen molar-refractivity contribution in [1.29, 1.82) is 0 Å². The highest BCUT2D eigenvalue weighted by Gasteiger charge is 2.26. The Morgan fingerprint density at radius 3 is 1.03 bits per heavy atom. The molecule has 1 aliphatic carbocycles. The molecule has 4 aromatic heterocycles. The van der Waals surface area contributed by atoms with E-state index in [4.69, 9.17) is 41.1 Å². The molecule has 8 aromatic carbocycles. The largest absolute Gasteiger partial charge is 0.212 e. The van der Waals surface area contributed by atoms with Gasteiger partial charge in [0.2, 0.25) is 22.8 Å². The minimum Gasteiger partial charge on any atom is -0.201 e. The van der Waals surface area contributed by atoms with E-state index in [9.17, 15) is 0 Å². The first kappa shape index (κ1) is 47.0. The minimum atomic E-state index is -2.49. The third kappa shape index (κ3) is 18.9. The van der Waals surface area contributed by atoms with E-state index in [0.717, 1.165) is 91.0 Å². The van der Waals surface area contributed by atoms with Gasteiger partial charge in [0.05, 0.1) is 0 Å². The van der Waals surface area contributed by atoms with E-state index in [1.54, 1.807) is 193 Å². The smallest absolute Gasteiger partial charge is 0.201 e. The van der Waals surface area contributed by atoms with Crippen LogP contribution >= 0.6 is 0 Å². The Kier molecular flexibility index (Phi) is 15.3. The summed E-state index contributed by atoms with van der Waals surface area (Å²) in [5.74, 6) is -2.45. The molecule has 0 amide bonds. The quantitative estimate of drug-likeness (QED) is 0.102. The molecule has 0 bridgehead atoms. The fourth-order valence-corrected chi connectivity index (χ4v) is 13.6. The van der Waals surface area contributed by atoms with Crippen LogP contribution in [0.1, 0.15) is 216 Å². The Labute approximate surface area is 675 Å². The van der Waals surface area contributed by atoms with Crippen LogP contribution in [0.25, 0.3) is 89.5 Å². The van der Waals surface area contributed by atoms with E-state index in [-0.39, 0.29) is 50.1 Å². The third-order valence-corrected chi connectivity index (χ3v) is 19.2. The highest BCUT2D eigenvalue weighted by Crippen LogP contribution is 2.40. The monoisotopic (exact) mass is 1420 g/mol. The molecule has 105 heavy (non-hydrogen) atoms. The van der Waals surface area contributed by atoms with Crippen LogP contribution < -0.4 is 18.3 Å². The Hall–Kier alpha value is -9.64. The number of aryl methyl sites for hydroxylation is 16. The molecule has 0 unspecified atom stereocenters. The zero-order valence-corrected chi connectivity index (χ0v) is 63.5. The van der Waals surface area contributed by atoms with Gasteiger partial charge >= 0.3 is 0 Å². The second-order valence-electron chi connectivity index (χ2n) is 29.2. The molecule has 0 radical (unpaired) electrons. The van der Waals surface area contributed by atoms with Gasteiger partial charge in [0.15, 0.2) is 24.8 Å². The normalized spacial score (nSPS) is 18.1. The molecule has 0 atom stereocenters. The third-order valence-electron chi connectivity index (χ3n) is 19.2. The van der Waals surface area contributed by atoms with E-state index < -0.39 is 90.7 Å². The standard InChI is InChI=1S/C26H30N.C26H32N.C25H30N.C24H28N/c1-18-9-5-8-12-23(18)22-14-13-19(2)25(15-22)26-16-24(20(3)17-27(26)4)21-10-6-7-11-21;1-18-10-8-9-11-23(18)21-13-12-19(2)24(14-21)25-15-22(16-26(4,5)6)20(3)17-27(25)7;1-17(2)13-22-15-25(26(6)16-20(22)5)24-14-21(12-11-19(24)4)23-10-8-7-9-18(23)3;1-16(2)22-14-24(25(6)15-19(22)5)23-13-20(12-11-18(23)4)21-10-8-7-9-17(21)3/h5,8-9,12-17,21H,6-7,10-11H2,1-4H3;8-15,17H,16H2,1-7H3;7-12,14-17H,13H2,1-6H3;7-16H,1-6H3/q4*+1/i1D3,3D3,21D;1D3,3D3,16D2;3D3,5D3,13D2;3D3,5D3,16D. The topological polar surface area (TPSA) is 15.5 Å². The lowest BCUT2D eigenvalue weighted by Crippen LogP contribution is -2.32. The minimum absolute atomic E-state index is 0.0148. The number of rotatable bonds is 13. The lowest BCUT2D eigenvalue weighted by Gasteiger charge is -2.20. The summed E-state index contributed by atoms with van der Waals surface area (Å²) in [6, 6.07) is 57.6. The van der Waals surface area contributed by atoms with Crippen molar-refractivity contribution in [2.24, 2.45) is 39.5 Å². The molecule has 13 rings (SSSR count). The van der Waals surface area contributed by atoms with Crippen LogP contribution in [0.5, 0.6) is 0 Å². The molecule has 0 spiro atoms. The number of pyridine rings is 4. The Balaban J connectivity index is 0.000000186. The van der Waals surface area contributed by atoms with E-state index in [0.29, 0.717) is 63.2 Å². The number of hydrogen-bond donors (Lipinski definition) is 0. The van der Waals surface area contributed by atoms with E-state index >= 15 is 0 Å². The number of benzene rings is 8. The predicted octanol–water partition coefficient (Wildman–Crippen LogP) is 24.6. The molecular weight excluding hydrogens is 1270 g/mol. The summed E-state index contributed by atoms with van der Waals surface area (Å²) in [4.78, 5) is 0. The summed E-state index contributed by atoms with van der Waals surface area (Å²) < 4.78 is 251. The molecule has 0 aliphatic heterocycles. The summed E-state index contributed by atoms with van der Waals surface area (Å²) in [6.07, 6.45) is 5.56. The Morgan fingerprint density at radius 1 is 0.371 bits per heavy atom. The van der Waals surface area contributed by atoms with Crippen LogP contribution in [-0.2, 0) is 40.9 Å². The maximum absolute atomic E-state index is 9.08. The molecule has 4 heterocycles. The molecule has 4 nitrogen and oxygen atoms in total. The summed E-state index contributed by atoms with van der Waals surface area (Å²) in [5, 5.41) is 0. The van der Waals surface area contributed by atoms with Crippen molar-refractivity contribution in [3.05, 3.63) is 308 Å². The second-order valence-corrected chi connectivity index (χ2v) is 29.2. The lowest BCUT2D eigenvalue weighted by molar-refractivity contribution is -0.660. The summed E-state index contributed by atoms with van der Waals surface area (Å²) in [5.41, 5.74) is 17.3. The molecule has 1 saturated carbocycles. The fourth-order valence-electron chi connectivity index (χ4n) is 13.6. The molecule has 0 saturated heterocycles. The van der Waals surface area contributed by atoms with Gasteiger partial charge in [-0.3, -0.25) is 0 Å². The second kappa shape index (κ2) is 34.1. The highest BCUT2D eigenvalue weighted by atomic mass is 14.9. The molecule has 0 N–H and O–H groups in total. The molecule has 1 aliphatic rings. The van der Waals surface area contributed by atoms with E-state index in [2.05, 4.69) is 0 Å². The number of hydrogen-bond acceptors (Lipinski definition) is 0. The first-order valence-corrected chi connectivity index (χ1v) is 35.8. The van der Waals surface area contributed by atoms with Gasteiger partial charge in [0, 0.05) is 110 Å². The van der Waals surface area contributed by atoms with Gasteiger partial charge in [0.25, 0.3) is 0 Å². The molecule has 1 fully saturated rings. The number of nitrogens with zero attached hydrogens (tertiary/aromatic N) is 4. The molecule has 540 valence electrons. The average Bonchev–Trinajstić information content (AvgIpc) is 1.27. The zero-order valence-electron chi connectivity index (χ0n) is 93.5. The van der Waals surface area contributed by atoms with Crippen molar-refractivity contribution in [1.82, 2.24) is 0 Å². The maximum Gasteiger partial charge on any atom is 0.212 e. The van der Waals surface area contributed by atoms with Crippen LogP contribution in [0.2, 0.25) is 0 Å². The van der Waals surface area contributed by atoms with Crippen molar-refractivity contribution in [2.75, 3.05) is 0 Å². The van der Waals surface area contributed by atoms with Gasteiger partial charge < -0.3 is 0 Å². The predicted molar refractivity (Wildman–Crippen MR) is 448 cm³/mol. The van der Waals surface area contributed by atoms with E-state index in [1.165, 1.54) is 12.4 Å². The summed E-state index contributed by atoms with van der Waals surface area (Å²) >= 11 is 0. The lowest BCUT2D eigenvalue weighted by atomic mass is 9.86. The zero-order chi connectivity index (χ0) is 101. The van der Waals surface area contributed by atoms with Crippen LogP contribution in [0.4, 0.5) is 0 Å². The number of aromatic nitrogens is 4. The van der Waals surface area contributed by atoms with Crippen LogP contribution in [0.15, 0.2) is 219 Å². The first-order valence-electron chi connectivity index (χ1n) is 50.8. The van der Waals surface area contributed by atoms with Gasteiger partial charge in [-0.2, -0.15) is 0 Å². The van der Waals surface area contributed by atoms with Crippen molar-refractivity contribution < 1.29 is 59.4 Å². The van der Waals surface area contributed by atoms with Gasteiger partial charge in [-0.05, 0) is 267 Å². The van der Waals surface area contributed by atoms with Gasteiger partial charge in [0.1, 0.15) is 28.2 Å². The van der Waals surface area contributed by atoms with Crippen LogP contribution in [-0.4, -0.2) is 0 Å². The Morgan fingerprint density at radius 2 is 0.686 bits per heavy atom. The molecule has 12 aromatic rings.